The highest BCUT2D eigenvalue weighted by Gasteiger charge is 2.12. The van der Waals surface area contributed by atoms with Crippen molar-refractivity contribution >= 4 is 11.4 Å². The summed E-state index contributed by atoms with van der Waals surface area (Å²) in [6.07, 6.45) is 2.45. The highest BCUT2D eigenvalue weighted by molar-refractivity contribution is 5.55. The minimum atomic E-state index is -0.339. The molecule has 104 valence electrons. The lowest BCUT2D eigenvalue weighted by Crippen LogP contribution is -2.03. The highest BCUT2D eigenvalue weighted by Crippen LogP contribution is 2.23. The van der Waals surface area contributed by atoms with Gasteiger partial charge < -0.3 is 5.32 Å². The average Bonchev–Trinajstić information content (AvgIpc) is 2.46. The Balaban J connectivity index is 2.11. The van der Waals surface area contributed by atoms with E-state index in [9.17, 15) is 10.1 Å². The number of pyridine rings is 1. The molecule has 20 heavy (non-hydrogen) atoms. The maximum Gasteiger partial charge on any atom is 0.274 e. The molecule has 0 unspecified atom stereocenters. The lowest BCUT2D eigenvalue weighted by atomic mass is 10.1. The van der Waals surface area contributed by atoms with Crippen LogP contribution in [0, 0.1) is 17.0 Å². The second kappa shape index (κ2) is 6.14. The number of benzene rings is 1. The SMILES string of the molecule is CCc1ccc(NCc2ccc(C)cn2)cc1[N+](=O)[O-]. The predicted octanol–water partition coefficient (Wildman–Crippen LogP) is 3.47. The van der Waals surface area contributed by atoms with E-state index in [2.05, 4.69) is 10.3 Å². The van der Waals surface area contributed by atoms with Gasteiger partial charge in [-0.2, -0.15) is 0 Å². The molecule has 5 nitrogen and oxygen atoms in total. The first kappa shape index (κ1) is 14.0. The quantitative estimate of drug-likeness (QED) is 0.667. The summed E-state index contributed by atoms with van der Waals surface area (Å²) in [5.74, 6) is 0. The summed E-state index contributed by atoms with van der Waals surface area (Å²) in [6, 6.07) is 9.17. The first-order valence-electron chi connectivity index (χ1n) is 6.53. The van der Waals surface area contributed by atoms with Gasteiger partial charge in [0.15, 0.2) is 0 Å². The minimum Gasteiger partial charge on any atom is -0.379 e. The normalized spacial score (nSPS) is 10.3. The molecule has 1 aromatic carbocycles. The lowest BCUT2D eigenvalue weighted by Gasteiger charge is -2.07. The Morgan fingerprint density at radius 3 is 2.70 bits per heavy atom. The molecule has 0 atom stereocenters. The second-order valence-electron chi connectivity index (χ2n) is 4.63. The van der Waals surface area contributed by atoms with Crippen molar-refractivity contribution in [2.45, 2.75) is 26.8 Å². The number of aryl methyl sites for hydroxylation is 2. The van der Waals surface area contributed by atoms with Crippen LogP contribution >= 0.6 is 0 Å². The molecule has 0 saturated carbocycles. The van der Waals surface area contributed by atoms with E-state index in [1.807, 2.05) is 32.0 Å². The van der Waals surface area contributed by atoms with Gasteiger partial charge in [-0.25, -0.2) is 0 Å². The molecular weight excluding hydrogens is 254 g/mol. The van der Waals surface area contributed by atoms with Crippen LogP contribution in [0.2, 0.25) is 0 Å². The average molecular weight is 271 g/mol. The van der Waals surface area contributed by atoms with Crippen molar-refractivity contribution in [1.82, 2.24) is 4.98 Å². The van der Waals surface area contributed by atoms with E-state index in [4.69, 9.17) is 0 Å². The van der Waals surface area contributed by atoms with Crippen molar-refractivity contribution in [2.24, 2.45) is 0 Å². The van der Waals surface area contributed by atoms with Gasteiger partial charge in [-0.15, -0.1) is 0 Å². The van der Waals surface area contributed by atoms with Crippen LogP contribution in [0.4, 0.5) is 11.4 Å². The van der Waals surface area contributed by atoms with Crippen LogP contribution in [0.1, 0.15) is 23.7 Å². The van der Waals surface area contributed by atoms with E-state index in [0.717, 1.165) is 22.5 Å². The fourth-order valence-electron chi connectivity index (χ4n) is 1.94. The molecule has 0 aliphatic carbocycles. The highest BCUT2D eigenvalue weighted by atomic mass is 16.6. The lowest BCUT2D eigenvalue weighted by molar-refractivity contribution is -0.385. The maximum atomic E-state index is 11.0. The van der Waals surface area contributed by atoms with Crippen LogP contribution in [0.5, 0.6) is 0 Å². The Labute approximate surface area is 117 Å². The van der Waals surface area contributed by atoms with E-state index in [0.29, 0.717) is 13.0 Å². The Morgan fingerprint density at radius 2 is 2.10 bits per heavy atom. The number of nitro groups is 1. The largest absolute Gasteiger partial charge is 0.379 e. The summed E-state index contributed by atoms with van der Waals surface area (Å²) in [5, 5.41) is 14.2. The third kappa shape index (κ3) is 3.32. The van der Waals surface area contributed by atoms with Crippen LogP contribution < -0.4 is 5.32 Å². The molecular formula is C15H17N3O2. The number of aromatic nitrogens is 1. The number of hydrogen-bond acceptors (Lipinski definition) is 4. The van der Waals surface area contributed by atoms with Crippen LogP contribution in [-0.4, -0.2) is 9.91 Å². The first-order valence-corrected chi connectivity index (χ1v) is 6.53. The number of rotatable bonds is 5. The van der Waals surface area contributed by atoms with Gasteiger partial charge in [-0.3, -0.25) is 15.1 Å². The van der Waals surface area contributed by atoms with Gasteiger partial charge in [0.05, 0.1) is 17.2 Å². The van der Waals surface area contributed by atoms with Crippen molar-refractivity contribution in [2.75, 3.05) is 5.32 Å². The number of nitro benzene ring substituents is 1. The van der Waals surface area contributed by atoms with Crippen LogP contribution in [-0.2, 0) is 13.0 Å². The predicted molar refractivity (Wildman–Crippen MR) is 78.8 cm³/mol. The molecule has 1 N–H and O–H groups in total. The Kier molecular flexibility index (Phi) is 4.30. The zero-order chi connectivity index (χ0) is 14.5. The van der Waals surface area contributed by atoms with Crippen molar-refractivity contribution in [3.05, 3.63) is 63.5 Å². The van der Waals surface area contributed by atoms with E-state index < -0.39 is 0 Å². The van der Waals surface area contributed by atoms with E-state index >= 15 is 0 Å². The maximum absolute atomic E-state index is 11.0. The van der Waals surface area contributed by atoms with Crippen molar-refractivity contribution < 1.29 is 4.92 Å². The smallest absolute Gasteiger partial charge is 0.274 e. The molecule has 0 amide bonds. The third-order valence-electron chi connectivity index (χ3n) is 3.11. The van der Waals surface area contributed by atoms with Gasteiger partial charge in [-0.1, -0.05) is 19.1 Å². The monoisotopic (exact) mass is 271 g/mol. The summed E-state index contributed by atoms with van der Waals surface area (Å²) in [4.78, 5) is 15.0. The van der Waals surface area contributed by atoms with E-state index in [-0.39, 0.29) is 10.6 Å². The van der Waals surface area contributed by atoms with Crippen LogP contribution in [0.25, 0.3) is 0 Å². The molecule has 0 fully saturated rings. The number of anilines is 1. The molecule has 5 heteroatoms. The summed E-state index contributed by atoms with van der Waals surface area (Å²) in [5.41, 5.74) is 3.65. The van der Waals surface area contributed by atoms with Crippen molar-refractivity contribution in [1.29, 1.82) is 0 Å². The topological polar surface area (TPSA) is 68.1 Å². The van der Waals surface area contributed by atoms with Gasteiger partial charge in [-0.05, 0) is 31.0 Å². The molecule has 0 aliphatic rings. The van der Waals surface area contributed by atoms with Gasteiger partial charge in [0, 0.05) is 23.5 Å². The Bertz CT molecular complexity index is 609. The summed E-state index contributed by atoms with van der Waals surface area (Å²) in [6.45, 7) is 4.44. The van der Waals surface area contributed by atoms with Gasteiger partial charge in [0.1, 0.15) is 0 Å². The van der Waals surface area contributed by atoms with Crippen LogP contribution in [0.3, 0.4) is 0 Å². The molecule has 0 spiro atoms. The summed E-state index contributed by atoms with van der Waals surface area (Å²) in [7, 11) is 0. The molecule has 2 aromatic rings. The van der Waals surface area contributed by atoms with Gasteiger partial charge in [0.25, 0.3) is 5.69 Å². The van der Waals surface area contributed by atoms with Crippen molar-refractivity contribution in [3.63, 3.8) is 0 Å². The Hall–Kier alpha value is -2.43. The fraction of sp³-hybridized carbons (Fsp3) is 0.267. The first-order chi connectivity index (χ1) is 9.60. The molecule has 0 saturated heterocycles. The molecule has 1 aromatic heterocycles. The number of nitrogens with one attached hydrogen (secondary N) is 1. The summed E-state index contributed by atoms with van der Waals surface area (Å²) < 4.78 is 0. The van der Waals surface area contributed by atoms with E-state index in [1.165, 1.54) is 0 Å². The minimum absolute atomic E-state index is 0.161. The zero-order valence-electron chi connectivity index (χ0n) is 11.6. The Morgan fingerprint density at radius 1 is 1.30 bits per heavy atom. The molecule has 2 rings (SSSR count). The van der Waals surface area contributed by atoms with Crippen LogP contribution in [0.15, 0.2) is 36.5 Å². The number of hydrogen-bond donors (Lipinski definition) is 1. The van der Waals surface area contributed by atoms with Crippen molar-refractivity contribution in [3.8, 4) is 0 Å². The number of nitrogens with zero attached hydrogens (tertiary/aromatic N) is 2. The molecule has 1 heterocycles. The van der Waals surface area contributed by atoms with E-state index in [1.54, 1.807) is 18.3 Å². The van der Waals surface area contributed by atoms with Gasteiger partial charge >= 0.3 is 0 Å². The summed E-state index contributed by atoms with van der Waals surface area (Å²) >= 11 is 0. The molecule has 0 bridgehead atoms. The zero-order valence-corrected chi connectivity index (χ0v) is 11.6. The standard InChI is InChI=1S/C15H17N3O2/c1-3-12-5-7-13(8-15(12)18(19)20)17-10-14-6-4-11(2)9-16-14/h4-9,17H,3,10H2,1-2H3. The molecule has 0 radical (unpaired) electrons. The third-order valence-corrected chi connectivity index (χ3v) is 3.11. The van der Waals surface area contributed by atoms with Gasteiger partial charge in [0.2, 0.25) is 0 Å². The second-order valence-corrected chi connectivity index (χ2v) is 4.63. The fourth-order valence-corrected chi connectivity index (χ4v) is 1.94. The molecule has 0 aliphatic heterocycles.